The van der Waals surface area contributed by atoms with Crippen molar-refractivity contribution in [2.75, 3.05) is 12.8 Å². The number of nitrogen functional groups attached to an aromatic ring is 1. The van der Waals surface area contributed by atoms with Gasteiger partial charge in [-0.1, -0.05) is 0 Å². The summed E-state index contributed by atoms with van der Waals surface area (Å²) in [6, 6.07) is 2.16. The average Bonchev–Trinajstić information content (AvgIpc) is 2.83. The molecule has 4 heteroatoms. The number of aryl methyl sites for hydroxylation is 1. The van der Waals surface area contributed by atoms with Crippen molar-refractivity contribution in [1.82, 2.24) is 9.88 Å². The standard InChI is InChI=1S/C14H19N3S/c1-10-6-16-13(11(2)14(10)15)8-17(3)7-12-4-5-18-9-12/h4-6,9H,7-8H2,1-3H3,(H2,15,16). The summed E-state index contributed by atoms with van der Waals surface area (Å²) in [6.45, 7) is 5.81. The molecule has 0 fully saturated rings. The highest BCUT2D eigenvalue weighted by molar-refractivity contribution is 7.07. The lowest BCUT2D eigenvalue weighted by molar-refractivity contribution is 0.315. The number of thiophene rings is 1. The second-order valence-corrected chi connectivity index (χ2v) is 5.51. The lowest BCUT2D eigenvalue weighted by Gasteiger charge is -2.18. The number of nitrogens with zero attached hydrogens (tertiary/aromatic N) is 2. The summed E-state index contributed by atoms with van der Waals surface area (Å²) in [6.07, 6.45) is 1.86. The largest absolute Gasteiger partial charge is 0.398 e. The third-order valence-electron chi connectivity index (χ3n) is 3.13. The number of aromatic nitrogens is 1. The van der Waals surface area contributed by atoms with Gasteiger partial charge in [-0.3, -0.25) is 9.88 Å². The van der Waals surface area contributed by atoms with Crippen LogP contribution in [0, 0.1) is 13.8 Å². The zero-order valence-corrected chi connectivity index (χ0v) is 11.9. The van der Waals surface area contributed by atoms with Gasteiger partial charge in [0.15, 0.2) is 0 Å². The SMILES string of the molecule is Cc1cnc(CN(C)Cc2ccsc2)c(C)c1N. The summed E-state index contributed by atoms with van der Waals surface area (Å²) in [5.74, 6) is 0. The van der Waals surface area contributed by atoms with Crippen molar-refractivity contribution in [2.24, 2.45) is 0 Å². The first-order valence-electron chi connectivity index (χ1n) is 5.98. The van der Waals surface area contributed by atoms with Gasteiger partial charge in [-0.2, -0.15) is 11.3 Å². The van der Waals surface area contributed by atoms with Gasteiger partial charge in [0.25, 0.3) is 0 Å². The van der Waals surface area contributed by atoms with Crippen molar-refractivity contribution >= 4 is 17.0 Å². The maximum Gasteiger partial charge on any atom is 0.0593 e. The molecule has 0 amide bonds. The third kappa shape index (κ3) is 2.89. The second-order valence-electron chi connectivity index (χ2n) is 4.73. The summed E-state index contributed by atoms with van der Waals surface area (Å²) in [5, 5.41) is 4.29. The highest BCUT2D eigenvalue weighted by Crippen LogP contribution is 2.19. The predicted molar refractivity (Wildman–Crippen MR) is 77.6 cm³/mol. The minimum atomic E-state index is 0.826. The van der Waals surface area contributed by atoms with Gasteiger partial charge in [0.05, 0.1) is 5.69 Å². The number of rotatable bonds is 4. The van der Waals surface area contributed by atoms with Gasteiger partial charge in [0.1, 0.15) is 0 Å². The van der Waals surface area contributed by atoms with Crippen molar-refractivity contribution in [3.8, 4) is 0 Å². The summed E-state index contributed by atoms with van der Waals surface area (Å²) in [7, 11) is 2.11. The summed E-state index contributed by atoms with van der Waals surface area (Å²) in [5.41, 5.74) is 11.5. The Kier molecular flexibility index (Phi) is 3.99. The van der Waals surface area contributed by atoms with E-state index in [1.807, 2.05) is 20.0 Å². The van der Waals surface area contributed by atoms with Crippen LogP contribution in [-0.4, -0.2) is 16.9 Å². The van der Waals surface area contributed by atoms with E-state index >= 15 is 0 Å². The van der Waals surface area contributed by atoms with Gasteiger partial charge >= 0.3 is 0 Å². The van der Waals surface area contributed by atoms with E-state index in [4.69, 9.17) is 5.73 Å². The Morgan fingerprint density at radius 2 is 2.11 bits per heavy atom. The van der Waals surface area contributed by atoms with Crippen LogP contribution in [0.2, 0.25) is 0 Å². The van der Waals surface area contributed by atoms with E-state index in [-0.39, 0.29) is 0 Å². The molecule has 0 saturated carbocycles. The molecule has 0 radical (unpaired) electrons. The third-order valence-corrected chi connectivity index (χ3v) is 3.86. The quantitative estimate of drug-likeness (QED) is 0.920. The Morgan fingerprint density at radius 1 is 1.33 bits per heavy atom. The topological polar surface area (TPSA) is 42.2 Å². The van der Waals surface area contributed by atoms with Crippen LogP contribution >= 0.6 is 11.3 Å². The van der Waals surface area contributed by atoms with Crippen LogP contribution in [0.25, 0.3) is 0 Å². The van der Waals surface area contributed by atoms with Gasteiger partial charge < -0.3 is 5.73 Å². The van der Waals surface area contributed by atoms with Crippen LogP contribution in [0.1, 0.15) is 22.4 Å². The molecule has 2 aromatic heterocycles. The Morgan fingerprint density at radius 3 is 2.78 bits per heavy atom. The van der Waals surface area contributed by atoms with Crippen LogP contribution in [0.3, 0.4) is 0 Å². The molecule has 0 aliphatic rings. The molecule has 0 aliphatic carbocycles. The molecule has 0 saturated heterocycles. The van der Waals surface area contributed by atoms with Crippen LogP contribution in [0.15, 0.2) is 23.0 Å². The van der Waals surface area contributed by atoms with Crippen molar-refractivity contribution < 1.29 is 0 Å². The van der Waals surface area contributed by atoms with Crippen molar-refractivity contribution in [3.05, 3.63) is 45.4 Å². The molecule has 2 N–H and O–H groups in total. The molecule has 0 bridgehead atoms. The number of pyridine rings is 1. The number of hydrogen-bond acceptors (Lipinski definition) is 4. The van der Waals surface area contributed by atoms with E-state index in [1.54, 1.807) is 11.3 Å². The number of hydrogen-bond donors (Lipinski definition) is 1. The lowest BCUT2D eigenvalue weighted by Crippen LogP contribution is -2.19. The Bertz CT molecular complexity index is 520. The fourth-order valence-electron chi connectivity index (χ4n) is 1.96. The van der Waals surface area contributed by atoms with Crippen molar-refractivity contribution in [2.45, 2.75) is 26.9 Å². The maximum atomic E-state index is 6.04. The fourth-order valence-corrected chi connectivity index (χ4v) is 2.62. The highest BCUT2D eigenvalue weighted by Gasteiger charge is 2.09. The van der Waals surface area contributed by atoms with Gasteiger partial charge in [0, 0.05) is 25.0 Å². The normalized spacial score (nSPS) is 11.1. The van der Waals surface area contributed by atoms with E-state index in [9.17, 15) is 0 Å². The van der Waals surface area contributed by atoms with Crippen molar-refractivity contribution in [3.63, 3.8) is 0 Å². The second kappa shape index (κ2) is 5.50. The predicted octanol–water partition coefficient (Wildman–Crippen LogP) is 2.97. The molecular weight excluding hydrogens is 242 g/mol. The van der Waals surface area contributed by atoms with Gasteiger partial charge in [-0.05, 0) is 54.4 Å². The first kappa shape index (κ1) is 13.1. The minimum Gasteiger partial charge on any atom is -0.398 e. The van der Waals surface area contributed by atoms with Crippen LogP contribution in [-0.2, 0) is 13.1 Å². The van der Waals surface area contributed by atoms with E-state index in [1.165, 1.54) is 5.56 Å². The first-order chi connectivity index (χ1) is 8.58. The summed E-state index contributed by atoms with van der Waals surface area (Å²) >= 11 is 1.73. The smallest absolute Gasteiger partial charge is 0.0593 e. The minimum absolute atomic E-state index is 0.826. The van der Waals surface area contributed by atoms with Crippen LogP contribution in [0.5, 0.6) is 0 Å². The van der Waals surface area contributed by atoms with Crippen LogP contribution < -0.4 is 5.73 Å². The number of anilines is 1. The molecule has 96 valence electrons. The van der Waals surface area contributed by atoms with Crippen molar-refractivity contribution in [1.29, 1.82) is 0 Å². The molecule has 0 aromatic carbocycles. The molecule has 0 atom stereocenters. The maximum absolute atomic E-state index is 6.04. The molecule has 0 unspecified atom stereocenters. The molecule has 3 nitrogen and oxygen atoms in total. The lowest BCUT2D eigenvalue weighted by atomic mass is 10.1. The van der Waals surface area contributed by atoms with Crippen LogP contribution in [0.4, 0.5) is 5.69 Å². The van der Waals surface area contributed by atoms with Gasteiger partial charge in [-0.25, -0.2) is 0 Å². The average molecular weight is 261 g/mol. The van der Waals surface area contributed by atoms with E-state index in [0.717, 1.165) is 35.6 Å². The molecule has 2 rings (SSSR count). The Labute approximate surface area is 112 Å². The highest BCUT2D eigenvalue weighted by atomic mass is 32.1. The molecule has 0 spiro atoms. The molecule has 18 heavy (non-hydrogen) atoms. The summed E-state index contributed by atoms with van der Waals surface area (Å²) in [4.78, 5) is 6.74. The molecule has 2 aromatic rings. The monoisotopic (exact) mass is 261 g/mol. The Hall–Kier alpha value is -1.39. The zero-order valence-electron chi connectivity index (χ0n) is 11.1. The van der Waals surface area contributed by atoms with E-state index in [0.29, 0.717) is 0 Å². The molecular formula is C14H19N3S. The van der Waals surface area contributed by atoms with E-state index < -0.39 is 0 Å². The number of nitrogens with two attached hydrogens (primary N) is 1. The zero-order chi connectivity index (χ0) is 13.1. The van der Waals surface area contributed by atoms with E-state index in [2.05, 4.69) is 33.8 Å². The molecule has 0 aliphatic heterocycles. The van der Waals surface area contributed by atoms with Gasteiger partial charge in [-0.15, -0.1) is 0 Å². The summed E-state index contributed by atoms with van der Waals surface area (Å²) < 4.78 is 0. The first-order valence-corrected chi connectivity index (χ1v) is 6.92. The van der Waals surface area contributed by atoms with Gasteiger partial charge in [0.2, 0.25) is 0 Å². The molecule has 2 heterocycles. The Balaban J connectivity index is 2.07. The fraction of sp³-hybridized carbons (Fsp3) is 0.357.